The molecule has 2 aromatic rings. The highest BCUT2D eigenvalue weighted by Crippen LogP contribution is 2.51. The van der Waals surface area contributed by atoms with Gasteiger partial charge in [-0.1, -0.05) is 30.3 Å². The molecule has 0 unspecified atom stereocenters. The molecular weight excluding hydrogens is 314 g/mol. The number of benzene rings is 1. The molecule has 0 radical (unpaired) electrons. The van der Waals surface area contributed by atoms with E-state index in [1.807, 2.05) is 0 Å². The Morgan fingerprint density at radius 3 is 1.91 bits per heavy atom. The minimum Gasteiger partial charge on any atom is -0.465 e. The Labute approximate surface area is 121 Å². The predicted octanol–water partition coefficient (Wildman–Crippen LogP) is 5.38. The Morgan fingerprint density at radius 1 is 0.909 bits per heavy atom. The summed E-state index contributed by atoms with van der Waals surface area (Å²) in [6.45, 7) is 1.08. The maximum atomic E-state index is 13.2. The molecule has 22 heavy (non-hydrogen) atoms. The molecule has 0 bridgehead atoms. The molecule has 0 atom stereocenters. The Morgan fingerprint density at radius 2 is 1.45 bits per heavy atom. The van der Waals surface area contributed by atoms with Gasteiger partial charge < -0.3 is 9.15 Å². The number of furan rings is 1. The maximum absolute atomic E-state index is 13.2. The van der Waals surface area contributed by atoms with E-state index in [1.54, 1.807) is 0 Å². The third kappa shape index (κ3) is 3.05. The highest BCUT2D eigenvalue weighted by molar-refractivity contribution is 5.66. The highest BCUT2D eigenvalue weighted by atomic mass is 19.4. The third-order valence-corrected chi connectivity index (χ3v) is 2.75. The van der Waals surface area contributed by atoms with Crippen molar-refractivity contribution in [3.05, 3.63) is 41.5 Å². The maximum Gasteiger partial charge on any atom is 0.423 e. The summed E-state index contributed by atoms with van der Waals surface area (Å²) >= 11 is 0. The van der Waals surface area contributed by atoms with Gasteiger partial charge in [-0.15, -0.1) is 0 Å². The number of alkyl halides is 6. The van der Waals surface area contributed by atoms with E-state index in [9.17, 15) is 26.3 Å². The van der Waals surface area contributed by atoms with Gasteiger partial charge in [0.05, 0.1) is 6.61 Å². The van der Waals surface area contributed by atoms with Crippen LogP contribution in [0.25, 0.3) is 11.3 Å². The summed E-state index contributed by atoms with van der Waals surface area (Å²) in [6.07, 6.45) is -10.5. The molecule has 2 nitrogen and oxygen atoms in total. The average Bonchev–Trinajstić information content (AvgIpc) is 2.79. The molecule has 0 aliphatic carbocycles. The quantitative estimate of drug-likeness (QED) is 0.707. The molecule has 0 spiro atoms. The summed E-state index contributed by atoms with van der Waals surface area (Å²) in [5.74, 6) is -2.09. The molecule has 8 heteroatoms. The van der Waals surface area contributed by atoms with Crippen molar-refractivity contribution < 1.29 is 35.5 Å². The lowest BCUT2D eigenvalue weighted by atomic mass is 10.0. The van der Waals surface area contributed by atoms with Crippen LogP contribution in [0.15, 0.2) is 34.7 Å². The monoisotopic (exact) mass is 324 g/mol. The van der Waals surface area contributed by atoms with E-state index >= 15 is 0 Å². The Hall–Kier alpha value is -2.12. The van der Waals surface area contributed by atoms with Gasteiger partial charge in [0.25, 0.3) is 5.95 Å². The van der Waals surface area contributed by atoms with Gasteiger partial charge in [0, 0.05) is 5.56 Å². The molecule has 120 valence electrons. The van der Waals surface area contributed by atoms with Crippen LogP contribution in [0.1, 0.15) is 18.1 Å². The van der Waals surface area contributed by atoms with Crippen LogP contribution in [0.5, 0.6) is 5.95 Å². The zero-order chi connectivity index (χ0) is 16.5. The van der Waals surface area contributed by atoms with Gasteiger partial charge in [0.1, 0.15) is 5.56 Å². The smallest absolute Gasteiger partial charge is 0.423 e. The van der Waals surface area contributed by atoms with E-state index in [0.29, 0.717) is 0 Å². The number of halogens is 6. The van der Waals surface area contributed by atoms with Crippen molar-refractivity contribution in [2.24, 2.45) is 0 Å². The number of hydrogen-bond acceptors (Lipinski definition) is 2. The first-order valence-corrected chi connectivity index (χ1v) is 6.15. The van der Waals surface area contributed by atoms with Gasteiger partial charge in [-0.3, -0.25) is 0 Å². The van der Waals surface area contributed by atoms with Crippen molar-refractivity contribution in [3.8, 4) is 17.3 Å². The second kappa shape index (κ2) is 5.58. The van der Waals surface area contributed by atoms with Crippen LogP contribution < -0.4 is 4.74 Å². The molecule has 0 aliphatic heterocycles. The second-order valence-corrected chi connectivity index (χ2v) is 4.26. The van der Waals surface area contributed by atoms with Crippen LogP contribution >= 0.6 is 0 Å². The summed E-state index contributed by atoms with van der Waals surface area (Å²) in [5, 5.41) is 0. The number of hydrogen-bond donors (Lipinski definition) is 0. The average molecular weight is 324 g/mol. The zero-order valence-electron chi connectivity index (χ0n) is 11.2. The first-order chi connectivity index (χ1) is 10.2. The standard InChI is InChI=1S/C14H10F6O2/c1-2-21-12-10(14(18,19)20)9(13(15,16)17)11(22-12)8-6-4-3-5-7-8/h3-7H,2H2,1H3. The van der Waals surface area contributed by atoms with Crippen LogP contribution in [0.4, 0.5) is 26.3 Å². The molecule has 0 N–H and O–H groups in total. The lowest BCUT2D eigenvalue weighted by Crippen LogP contribution is -2.16. The summed E-state index contributed by atoms with van der Waals surface area (Å²) in [5.41, 5.74) is -3.94. The molecule has 0 saturated heterocycles. The number of ether oxygens (including phenoxy) is 1. The molecular formula is C14H10F6O2. The normalized spacial score (nSPS) is 12.5. The fourth-order valence-electron chi connectivity index (χ4n) is 1.96. The summed E-state index contributed by atoms with van der Waals surface area (Å²) < 4.78 is 88.0. The van der Waals surface area contributed by atoms with E-state index < -0.39 is 35.2 Å². The fraction of sp³-hybridized carbons (Fsp3) is 0.286. The van der Waals surface area contributed by atoms with E-state index in [2.05, 4.69) is 4.74 Å². The van der Waals surface area contributed by atoms with Gasteiger partial charge in [-0.2, -0.15) is 26.3 Å². The van der Waals surface area contributed by atoms with Crippen LogP contribution in [-0.2, 0) is 12.4 Å². The lowest BCUT2D eigenvalue weighted by Gasteiger charge is -2.12. The second-order valence-electron chi connectivity index (χ2n) is 4.26. The lowest BCUT2D eigenvalue weighted by molar-refractivity contribution is -0.162. The fourth-order valence-corrected chi connectivity index (χ4v) is 1.96. The van der Waals surface area contributed by atoms with E-state index in [-0.39, 0.29) is 12.2 Å². The minimum absolute atomic E-state index is 0.119. The van der Waals surface area contributed by atoms with E-state index in [4.69, 9.17) is 4.42 Å². The SMILES string of the molecule is CCOc1oc(-c2ccccc2)c(C(F)(F)F)c1C(F)(F)F. The van der Waals surface area contributed by atoms with Crippen molar-refractivity contribution in [3.63, 3.8) is 0 Å². The molecule has 0 aliphatic rings. The zero-order valence-corrected chi connectivity index (χ0v) is 11.2. The van der Waals surface area contributed by atoms with Crippen molar-refractivity contribution in [2.75, 3.05) is 6.61 Å². The van der Waals surface area contributed by atoms with Crippen LogP contribution in [-0.4, -0.2) is 6.61 Å². The molecule has 0 saturated carbocycles. The largest absolute Gasteiger partial charge is 0.465 e. The van der Waals surface area contributed by atoms with Gasteiger partial charge >= 0.3 is 12.4 Å². The Bertz CT molecular complexity index is 640. The highest BCUT2D eigenvalue weighted by Gasteiger charge is 2.51. The van der Waals surface area contributed by atoms with Crippen LogP contribution in [0.2, 0.25) is 0 Å². The minimum atomic E-state index is -5.26. The van der Waals surface area contributed by atoms with Crippen molar-refractivity contribution >= 4 is 0 Å². The topological polar surface area (TPSA) is 22.4 Å². The van der Waals surface area contributed by atoms with Gasteiger partial charge in [0.2, 0.25) is 0 Å². The Balaban J connectivity index is 2.79. The summed E-state index contributed by atoms with van der Waals surface area (Å²) in [6, 6.07) is 6.76. The van der Waals surface area contributed by atoms with Crippen molar-refractivity contribution in [1.29, 1.82) is 0 Å². The number of rotatable bonds is 3. The molecule has 1 aromatic carbocycles. The van der Waals surface area contributed by atoms with E-state index in [1.165, 1.54) is 37.3 Å². The molecule has 0 amide bonds. The molecule has 1 heterocycles. The molecule has 0 fully saturated rings. The van der Waals surface area contributed by atoms with E-state index in [0.717, 1.165) is 0 Å². The van der Waals surface area contributed by atoms with Crippen LogP contribution in [0, 0.1) is 0 Å². The summed E-state index contributed by atoms with van der Waals surface area (Å²) in [7, 11) is 0. The van der Waals surface area contributed by atoms with Crippen molar-refractivity contribution in [1.82, 2.24) is 0 Å². The first-order valence-electron chi connectivity index (χ1n) is 6.15. The molecule has 1 aromatic heterocycles. The first kappa shape index (κ1) is 16.3. The van der Waals surface area contributed by atoms with Crippen molar-refractivity contribution in [2.45, 2.75) is 19.3 Å². The van der Waals surface area contributed by atoms with Gasteiger partial charge in [-0.25, -0.2) is 0 Å². The van der Waals surface area contributed by atoms with Gasteiger partial charge in [0.15, 0.2) is 11.3 Å². The summed E-state index contributed by atoms with van der Waals surface area (Å²) in [4.78, 5) is 0. The third-order valence-electron chi connectivity index (χ3n) is 2.75. The van der Waals surface area contributed by atoms with Gasteiger partial charge in [-0.05, 0) is 6.92 Å². The molecule has 2 rings (SSSR count). The van der Waals surface area contributed by atoms with Crippen LogP contribution in [0.3, 0.4) is 0 Å². The predicted molar refractivity (Wildman–Crippen MR) is 65.3 cm³/mol. The Kier molecular flexibility index (Phi) is 4.12.